The van der Waals surface area contributed by atoms with Crippen molar-refractivity contribution in [1.29, 1.82) is 0 Å². The molecule has 1 amide bonds. The number of likely N-dealkylation sites (tertiary alicyclic amines) is 1. The van der Waals surface area contributed by atoms with Gasteiger partial charge < -0.3 is 20.3 Å². The molecule has 0 aromatic carbocycles. The number of nitrogens with zero attached hydrogens (tertiary/aromatic N) is 3. The fraction of sp³-hybridized carbons (Fsp3) is 0.650. The Hall–Kier alpha value is -2.31. The van der Waals surface area contributed by atoms with Crippen LogP contribution < -0.4 is 15.4 Å². The summed E-state index contributed by atoms with van der Waals surface area (Å²) >= 11 is 0. The lowest BCUT2D eigenvalue weighted by atomic mass is 9.93. The Labute approximate surface area is 161 Å². The second-order valence-corrected chi connectivity index (χ2v) is 7.47. The summed E-state index contributed by atoms with van der Waals surface area (Å²) in [7, 11) is 3.51. The lowest BCUT2D eigenvalue weighted by Crippen LogP contribution is -2.45. The molecule has 148 valence electrons. The summed E-state index contributed by atoms with van der Waals surface area (Å²) in [6.07, 6.45) is 7.00. The number of ether oxygens (including phenoxy) is 1. The van der Waals surface area contributed by atoms with E-state index in [1.165, 1.54) is 12.8 Å². The second kappa shape index (κ2) is 9.58. The van der Waals surface area contributed by atoms with Crippen LogP contribution in [0.1, 0.15) is 37.7 Å². The number of hydrogen-bond acceptors (Lipinski definition) is 4. The Balaban J connectivity index is 1.45. The van der Waals surface area contributed by atoms with Crippen molar-refractivity contribution in [2.45, 2.75) is 38.6 Å². The van der Waals surface area contributed by atoms with Crippen molar-refractivity contribution in [2.75, 3.05) is 33.8 Å². The van der Waals surface area contributed by atoms with Crippen molar-refractivity contribution in [2.24, 2.45) is 16.8 Å². The second-order valence-electron chi connectivity index (χ2n) is 7.47. The Bertz CT molecular complexity index is 652. The largest absolute Gasteiger partial charge is 0.477 e. The van der Waals surface area contributed by atoms with Crippen molar-refractivity contribution in [3.63, 3.8) is 0 Å². The van der Waals surface area contributed by atoms with E-state index < -0.39 is 0 Å². The molecular formula is C20H31N5O2. The zero-order valence-electron chi connectivity index (χ0n) is 16.4. The highest BCUT2D eigenvalue weighted by molar-refractivity contribution is 5.80. The first-order valence-electron chi connectivity index (χ1n) is 9.92. The number of amides is 1. The van der Waals surface area contributed by atoms with E-state index in [1.54, 1.807) is 13.2 Å². The number of hydrogen-bond donors (Lipinski definition) is 2. The van der Waals surface area contributed by atoms with E-state index in [0.29, 0.717) is 24.8 Å². The molecule has 0 atom stereocenters. The van der Waals surface area contributed by atoms with Gasteiger partial charge in [-0.3, -0.25) is 9.79 Å². The van der Waals surface area contributed by atoms with Crippen molar-refractivity contribution in [3.05, 3.63) is 23.9 Å². The zero-order valence-corrected chi connectivity index (χ0v) is 16.4. The molecule has 1 saturated carbocycles. The van der Waals surface area contributed by atoms with Gasteiger partial charge in [-0.15, -0.1) is 0 Å². The number of pyridine rings is 1. The van der Waals surface area contributed by atoms with Gasteiger partial charge in [0.1, 0.15) is 0 Å². The molecule has 1 aromatic rings. The van der Waals surface area contributed by atoms with E-state index >= 15 is 0 Å². The highest BCUT2D eigenvalue weighted by atomic mass is 16.5. The van der Waals surface area contributed by atoms with Gasteiger partial charge in [0.15, 0.2) is 5.96 Å². The van der Waals surface area contributed by atoms with Crippen LogP contribution in [-0.2, 0) is 11.3 Å². The molecule has 3 rings (SSSR count). The van der Waals surface area contributed by atoms with Gasteiger partial charge in [0.2, 0.25) is 11.8 Å². The van der Waals surface area contributed by atoms with Crippen LogP contribution in [0.5, 0.6) is 5.88 Å². The van der Waals surface area contributed by atoms with E-state index in [4.69, 9.17) is 4.74 Å². The van der Waals surface area contributed by atoms with Crippen LogP contribution in [0.4, 0.5) is 0 Å². The molecule has 2 fully saturated rings. The number of piperidine rings is 1. The monoisotopic (exact) mass is 373 g/mol. The molecule has 7 nitrogen and oxygen atoms in total. The van der Waals surface area contributed by atoms with Crippen LogP contribution in [0.2, 0.25) is 0 Å². The average Bonchev–Trinajstić information content (AvgIpc) is 3.53. The maximum atomic E-state index is 11.5. The summed E-state index contributed by atoms with van der Waals surface area (Å²) in [5.41, 5.74) is 1.13. The van der Waals surface area contributed by atoms with Gasteiger partial charge in [-0.1, -0.05) is 0 Å². The molecule has 7 heteroatoms. The van der Waals surface area contributed by atoms with Crippen LogP contribution in [0.3, 0.4) is 0 Å². The summed E-state index contributed by atoms with van der Waals surface area (Å²) in [4.78, 5) is 22.5. The lowest BCUT2D eigenvalue weighted by molar-refractivity contribution is -0.121. The fourth-order valence-electron chi connectivity index (χ4n) is 3.35. The smallest absolute Gasteiger partial charge is 0.220 e. The minimum Gasteiger partial charge on any atom is -0.477 e. The van der Waals surface area contributed by atoms with Crippen LogP contribution in [0.15, 0.2) is 23.3 Å². The number of nitrogens with one attached hydrogen (secondary N) is 2. The van der Waals surface area contributed by atoms with Crippen molar-refractivity contribution in [3.8, 4) is 5.88 Å². The predicted molar refractivity (Wildman–Crippen MR) is 106 cm³/mol. The number of carbonyl (C=O) groups excluding carboxylic acids is 1. The SMILES string of the molecule is CN=C(NCc1ccnc(OCC2CC2)c1)N1CCC(CC(=O)NC)CC1. The molecule has 1 aliphatic heterocycles. The highest BCUT2D eigenvalue weighted by Gasteiger charge is 2.23. The van der Waals surface area contributed by atoms with Gasteiger partial charge in [-0.2, -0.15) is 0 Å². The Morgan fingerprint density at radius 1 is 1.30 bits per heavy atom. The van der Waals surface area contributed by atoms with Crippen LogP contribution in [0.25, 0.3) is 0 Å². The Morgan fingerprint density at radius 2 is 2.07 bits per heavy atom. The summed E-state index contributed by atoms with van der Waals surface area (Å²) in [6, 6.07) is 4.00. The third-order valence-electron chi connectivity index (χ3n) is 5.29. The van der Waals surface area contributed by atoms with Gasteiger partial charge >= 0.3 is 0 Å². The standard InChI is InChI=1S/C20H31N5O2/c1-21-18(26)11-15-6-9-25(10-7-15)20(22-2)24-13-17-5-8-23-19(12-17)27-14-16-3-4-16/h5,8,12,15-16H,3-4,6-7,9-11,13-14H2,1-2H3,(H,21,26)(H,22,24). The molecular weight excluding hydrogens is 342 g/mol. The molecule has 2 N–H and O–H groups in total. The molecule has 2 heterocycles. The van der Waals surface area contributed by atoms with Gasteiger partial charge in [-0.05, 0) is 49.1 Å². The predicted octanol–water partition coefficient (Wildman–Crippen LogP) is 1.79. The molecule has 1 aromatic heterocycles. The summed E-state index contributed by atoms with van der Waals surface area (Å²) in [6.45, 7) is 3.31. The molecule has 0 unspecified atom stereocenters. The third-order valence-corrected chi connectivity index (χ3v) is 5.29. The minimum atomic E-state index is 0.133. The fourth-order valence-corrected chi connectivity index (χ4v) is 3.35. The molecule has 0 spiro atoms. The Morgan fingerprint density at radius 3 is 2.74 bits per heavy atom. The normalized spacial score (nSPS) is 18.3. The first-order valence-corrected chi connectivity index (χ1v) is 9.92. The van der Waals surface area contributed by atoms with E-state index in [9.17, 15) is 4.79 Å². The number of guanidine groups is 1. The zero-order chi connectivity index (χ0) is 19.1. The summed E-state index contributed by atoms with van der Waals surface area (Å²) < 4.78 is 5.76. The molecule has 27 heavy (non-hydrogen) atoms. The third kappa shape index (κ3) is 6.12. The average molecular weight is 374 g/mol. The van der Waals surface area contributed by atoms with Gasteiger partial charge in [0.05, 0.1) is 6.61 Å². The van der Waals surface area contributed by atoms with E-state index in [2.05, 4.69) is 25.5 Å². The highest BCUT2D eigenvalue weighted by Crippen LogP contribution is 2.29. The number of aliphatic imine (C=N–C) groups is 1. The lowest BCUT2D eigenvalue weighted by Gasteiger charge is -2.34. The van der Waals surface area contributed by atoms with E-state index in [1.807, 2.05) is 19.2 Å². The molecule has 0 bridgehead atoms. The van der Waals surface area contributed by atoms with Crippen LogP contribution in [0, 0.1) is 11.8 Å². The van der Waals surface area contributed by atoms with Crippen molar-refractivity contribution < 1.29 is 9.53 Å². The van der Waals surface area contributed by atoms with Gasteiger partial charge in [-0.25, -0.2) is 4.98 Å². The first-order chi connectivity index (χ1) is 13.2. The van der Waals surface area contributed by atoms with Gasteiger partial charge in [0, 0.05) is 52.4 Å². The van der Waals surface area contributed by atoms with E-state index in [0.717, 1.165) is 50.0 Å². The Kier molecular flexibility index (Phi) is 6.90. The quantitative estimate of drug-likeness (QED) is 0.563. The maximum absolute atomic E-state index is 11.5. The van der Waals surface area contributed by atoms with Crippen LogP contribution >= 0.6 is 0 Å². The number of rotatable bonds is 7. The first kappa shape index (κ1) is 19.5. The molecule has 1 aliphatic carbocycles. The van der Waals surface area contributed by atoms with Crippen LogP contribution in [-0.4, -0.2) is 55.5 Å². The van der Waals surface area contributed by atoms with Gasteiger partial charge in [0.25, 0.3) is 0 Å². The maximum Gasteiger partial charge on any atom is 0.220 e. The topological polar surface area (TPSA) is 78.9 Å². The molecule has 1 saturated heterocycles. The van der Waals surface area contributed by atoms with Crippen molar-refractivity contribution >= 4 is 11.9 Å². The minimum absolute atomic E-state index is 0.133. The number of carbonyl (C=O) groups is 1. The summed E-state index contributed by atoms with van der Waals surface area (Å²) in [5, 5.41) is 6.15. The molecule has 2 aliphatic rings. The number of aromatic nitrogens is 1. The van der Waals surface area contributed by atoms with Crippen molar-refractivity contribution in [1.82, 2.24) is 20.5 Å². The summed E-state index contributed by atoms with van der Waals surface area (Å²) in [5.74, 6) is 2.93. The van der Waals surface area contributed by atoms with E-state index in [-0.39, 0.29) is 5.91 Å². The molecule has 0 radical (unpaired) electrons.